The van der Waals surface area contributed by atoms with E-state index in [1.165, 1.54) is 0 Å². The van der Waals surface area contributed by atoms with Crippen LogP contribution in [-0.4, -0.2) is 19.2 Å². The van der Waals surface area contributed by atoms with Gasteiger partial charge in [-0.1, -0.05) is 12.1 Å². The monoisotopic (exact) mass is 219 g/mol. The molecule has 1 rings (SSSR count). The van der Waals surface area contributed by atoms with Gasteiger partial charge < -0.3 is 9.47 Å². The lowest BCUT2D eigenvalue weighted by atomic mass is 10.2. The van der Waals surface area contributed by atoms with Crippen molar-refractivity contribution in [2.45, 2.75) is 13.3 Å². The Kier molecular flexibility index (Phi) is 4.87. The molecule has 0 N–H and O–H groups in total. The Hall–Kier alpha value is -2.02. The molecule has 1 aromatic carbocycles. The average Bonchev–Trinajstić information content (AvgIpc) is 2.30. The molecular weight excluding hydrogens is 206 g/mol. The zero-order valence-electron chi connectivity index (χ0n) is 9.10. The van der Waals surface area contributed by atoms with Gasteiger partial charge in [-0.2, -0.15) is 5.26 Å². The van der Waals surface area contributed by atoms with Gasteiger partial charge in [0.1, 0.15) is 11.8 Å². The highest BCUT2D eigenvalue weighted by Crippen LogP contribution is 2.16. The lowest BCUT2D eigenvalue weighted by molar-refractivity contribution is -0.143. The maximum Gasteiger partial charge on any atom is 0.309 e. The number of rotatable bonds is 5. The van der Waals surface area contributed by atoms with Crippen LogP contribution >= 0.6 is 0 Å². The van der Waals surface area contributed by atoms with Crippen molar-refractivity contribution >= 4 is 5.97 Å². The molecule has 0 unspecified atom stereocenters. The van der Waals surface area contributed by atoms with Crippen molar-refractivity contribution in [3.8, 4) is 11.8 Å². The summed E-state index contributed by atoms with van der Waals surface area (Å²) >= 11 is 0. The molecule has 0 atom stereocenters. The number of hydrogen-bond donors (Lipinski definition) is 0. The number of benzene rings is 1. The number of esters is 1. The first-order valence-electron chi connectivity index (χ1n) is 5.05. The predicted octanol–water partition coefficient (Wildman–Crippen LogP) is 1.89. The summed E-state index contributed by atoms with van der Waals surface area (Å²) in [5.74, 6) is 0.200. The zero-order chi connectivity index (χ0) is 11.8. The van der Waals surface area contributed by atoms with E-state index in [9.17, 15) is 4.79 Å². The lowest BCUT2D eigenvalue weighted by Gasteiger charge is -2.06. The first-order valence-corrected chi connectivity index (χ1v) is 5.05. The van der Waals surface area contributed by atoms with Crippen molar-refractivity contribution in [3.63, 3.8) is 0 Å². The first kappa shape index (κ1) is 12.1. The van der Waals surface area contributed by atoms with E-state index >= 15 is 0 Å². The summed E-state index contributed by atoms with van der Waals surface area (Å²) in [5, 5.41) is 8.79. The van der Waals surface area contributed by atoms with E-state index in [2.05, 4.69) is 0 Å². The Morgan fingerprint density at radius 1 is 1.44 bits per heavy atom. The Bertz CT molecular complexity index is 395. The Labute approximate surface area is 94.4 Å². The van der Waals surface area contributed by atoms with Crippen molar-refractivity contribution in [3.05, 3.63) is 29.8 Å². The van der Waals surface area contributed by atoms with Crippen LogP contribution in [0.15, 0.2) is 24.3 Å². The number of hydrogen-bond acceptors (Lipinski definition) is 4. The van der Waals surface area contributed by atoms with Gasteiger partial charge in [0.05, 0.1) is 25.2 Å². The quantitative estimate of drug-likeness (QED) is 0.709. The van der Waals surface area contributed by atoms with Gasteiger partial charge in [0.2, 0.25) is 0 Å². The van der Waals surface area contributed by atoms with Gasteiger partial charge in [-0.3, -0.25) is 4.79 Å². The highest BCUT2D eigenvalue weighted by Gasteiger charge is 2.04. The van der Waals surface area contributed by atoms with Gasteiger partial charge in [-0.05, 0) is 19.1 Å². The summed E-state index contributed by atoms with van der Waals surface area (Å²) in [4.78, 5) is 11.0. The SMILES string of the molecule is CCOC(=O)CCOc1ccccc1C#N. The Balaban J connectivity index is 2.43. The molecule has 84 valence electrons. The third-order valence-corrected chi connectivity index (χ3v) is 1.88. The van der Waals surface area contributed by atoms with Crippen LogP contribution in [0.4, 0.5) is 0 Å². The molecule has 0 aliphatic carbocycles. The number of para-hydroxylation sites is 1. The maximum absolute atomic E-state index is 11.0. The van der Waals surface area contributed by atoms with Crippen LogP contribution in [0, 0.1) is 11.3 Å². The zero-order valence-corrected chi connectivity index (χ0v) is 9.10. The van der Waals surface area contributed by atoms with Gasteiger partial charge >= 0.3 is 5.97 Å². The van der Waals surface area contributed by atoms with E-state index in [0.29, 0.717) is 17.9 Å². The number of nitriles is 1. The van der Waals surface area contributed by atoms with Gasteiger partial charge in [0, 0.05) is 0 Å². The standard InChI is InChI=1S/C12H13NO3/c1-2-15-12(14)7-8-16-11-6-4-3-5-10(11)9-13/h3-6H,2,7-8H2,1H3. The molecule has 4 heteroatoms. The van der Waals surface area contributed by atoms with Crippen LogP contribution in [0.2, 0.25) is 0 Å². The average molecular weight is 219 g/mol. The predicted molar refractivity (Wildman–Crippen MR) is 57.9 cm³/mol. The van der Waals surface area contributed by atoms with E-state index < -0.39 is 0 Å². The highest BCUT2D eigenvalue weighted by molar-refractivity contribution is 5.69. The minimum atomic E-state index is -0.295. The second kappa shape index (κ2) is 6.46. The van der Waals surface area contributed by atoms with Crippen molar-refractivity contribution in [1.82, 2.24) is 0 Å². The minimum absolute atomic E-state index is 0.188. The molecule has 0 saturated heterocycles. The van der Waals surface area contributed by atoms with Gasteiger partial charge in [-0.15, -0.1) is 0 Å². The van der Waals surface area contributed by atoms with Crippen LogP contribution in [0.5, 0.6) is 5.75 Å². The molecule has 0 radical (unpaired) electrons. The molecule has 1 aromatic rings. The molecule has 0 spiro atoms. The number of carbonyl (C=O) groups excluding carboxylic acids is 1. The third kappa shape index (κ3) is 3.62. The van der Waals surface area contributed by atoms with Gasteiger partial charge in [-0.25, -0.2) is 0 Å². The smallest absolute Gasteiger partial charge is 0.309 e. The molecule has 0 aliphatic rings. The van der Waals surface area contributed by atoms with Crippen LogP contribution in [0.25, 0.3) is 0 Å². The summed E-state index contributed by atoms with van der Waals surface area (Å²) in [5.41, 5.74) is 0.464. The minimum Gasteiger partial charge on any atom is -0.492 e. The maximum atomic E-state index is 11.0. The van der Waals surface area contributed by atoms with E-state index in [-0.39, 0.29) is 19.0 Å². The van der Waals surface area contributed by atoms with E-state index in [1.54, 1.807) is 31.2 Å². The first-order chi connectivity index (χ1) is 7.77. The second-order valence-electron chi connectivity index (χ2n) is 3.01. The molecule has 0 heterocycles. The lowest BCUT2D eigenvalue weighted by Crippen LogP contribution is -2.09. The molecule has 4 nitrogen and oxygen atoms in total. The van der Waals surface area contributed by atoms with E-state index in [4.69, 9.17) is 14.7 Å². The Morgan fingerprint density at radius 2 is 2.19 bits per heavy atom. The molecule has 16 heavy (non-hydrogen) atoms. The fraction of sp³-hybridized carbons (Fsp3) is 0.333. The van der Waals surface area contributed by atoms with Crippen LogP contribution in [0.1, 0.15) is 18.9 Å². The normalized spacial score (nSPS) is 9.25. The summed E-state index contributed by atoms with van der Waals surface area (Å²) in [7, 11) is 0. The molecule has 0 aliphatic heterocycles. The molecular formula is C12H13NO3. The number of nitrogens with zero attached hydrogens (tertiary/aromatic N) is 1. The van der Waals surface area contributed by atoms with E-state index in [0.717, 1.165) is 0 Å². The van der Waals surface area contributed by atoms with Gasteiger partial charge in [0.25, 0.3) is 0 Å². The largest absolute Gasteiger partial charge is 0.492 e. The summed E-state index contributed by atoms with van der Waals surface area (Å²) in [6, 6.07) is 8.92. The fourth-order valence-corrected chi connectivity index (χ4v) is 1.16. The summed E-state index contributed by atoms with van der Waals surface area (Å²) < 4.78 is 10.1. The van der Waals surface area contributed by atoms with Crippen LogP contribution < -0.4 is 4.74 Å². The topological polar surface area (TPSA) is 59.3 Å². The van der Waals surface area contributed by atoms with Crippen molar-refractivity contribution in [1.29, 1.82) is 5.26 Å². The molecule has 0 saturated carbocycles. The molecule has 0 amide bonds. The van der Waals surface area contributed by atoms with Crippen molar-refractivity contribution in [2.24, 2.45) is 0 Å². The fourth-order valence-electron chi connectivity index (χ4n) is 1.16. The Morgan fingerprint density at radius 3 is 2.88 bits per heavy atom. The summed E-state index contributed by atoms with van der Waals surface area (Å²) in [6.07, 6.45) is 0.188. The van der Waals surface area contributed by atoms with Crippen LogP contribution in [-0.2, 0) is 9.53 Å². The van der Waals surface area contributed by atoms with Crippen molar-refractivity contribution in [2.75, 3.05) is 13.2 Å². The van der Waals surface area contributed by atoms with Gasteiger partial charge in [0.15, 0.2) is 0 Å². The summed E-state index contributed by atoms with van der Waals surface area (Å²) in [6.45, 7) is 2.34. The van der Waals surface area contributed by atoms with E-state index in [1.807, 2.05) is 6.07 Å². The second-order valence-corrected chi connectivity index (χ2v) is 3.01. The molecule has 0 aromatic heterocycles. The number of ether oxygens (including phenoxy) is 2. The van der Waals surface area contributed by atoms with Crippen LogP contribution in [0.3, 0.4) is 0 Å². The molecule has 0 fully saturated rings. The van der Waals surface area contributed by atoms with Crippen molar-refractivity contribution < 1.29 is 14.3 Å². The highest BCUT2D eigenvalue weighted by atomic mass is 16.5. The molecule has 0 bridgehead atoms. The third-order valence-electron chi connectivity index (χ3n) is 1.88. The number of carbonyl (C=O) groups is 1.